The minimum absolute atomic E-state index is 0.555. The molecule has 2 unspecified atom stereocenters. The van der Waals surface area contributed by atoms with Gasteiger partial charge in [0.05, 0.1) is 12.2 Å². The molecule has 0 aliphatic carbocycles. The summed E-state index contributed by atoms with van der Waals surface area (Å²) >= 11 is 3.46. The smallest absolute Gasteiger partial charge is 0.0707 e. The fourth-order valence-electron chi connectivity index (χ4n) is 2.17. The highest BCUT2D eigenvalue weighted by molar-refractivity contribution is 9.09. The molecule has 2 fully saturated rings. The van der Waals surface area contributed by atoms with Crippen molar-refractivity contribution in [3.05, 3.63) is 0 Å². The van der Waals surface area contributed by atoms with Crippen LogP contribution in [0.15, 0.2) is 0 Å². The third-order valence-corrected chi connectivity index (χ3v) is 3.29. The van der Waals surface area contributed by atoms with Crippen molar-refractivity contribution in [2.75, 3.05) is 25.0 Å². The summed E-state index contributed by atoms with van der Waals surface area (Å²) < 4.78 is 5.75. The van der Waals surface area contributed by atoms with Gasteiger partial charge in [-0.1, -0.05) is 15.9 Å². The van der Waals surface area contributed by atoms with Crippen LogP contribution < -0.4 is 0 Å². The molecule has 2 aliphatic rings. The maximum absolute atomic E-state index is 5.75. The first-order valence-corrected chi connectivity index (χ1v) is 5.94. The lowest BCUT2D eigenvalue weighted by atomic mass is 10.2. The second-order valence-electron chi connectivity index (χ2n) is 3.76. The van der Waals surface area contributed by atoms with Crippen LogP contribution in [0.25, 0.3) is 0 Å². The van der Waals surface area contributed by atoms with Gasteiger partial charge in [-0.15, -0.1) is 0 Å². The van der Waals surface area contributed by atoms with Gasteiger partial charge in [-0.3, -0.25) is 4.90 Å². The van der Waals surface area contributed by atoms with E-state index in [0.29, 0.717) is 12.2 Å². The van der Waals surface area contributed by atoms with Crippen LogP contribution in [0.1, 0.15) is 19.3 Å². The van der Waals surface area contributed by atoms with E-state index in [-0.39, 0.29) is 0 Å². The van der Waals surface area contributed by atoms with Gasteiger partial charge in [-0.05, 0) is 25.8 Å². The fraction of sp³-hybridized carbons (Fsp3) is 1.00. The predicted octanol–water partition coefficient (Wildman–Crippen LogP) is 1.63. The quantitative estimate of drug-likeness (QED) is 0.688. The lowest BCUT2D eigenvalue weighted by molar-refractivity contribution is -0.0379. The van der Waals surface area contributed by atoms with Crippen LogP contribution in [0.4, 0.5) is 0 Å². The summed E-state index contributed by atoms with van der Waals surface area (Å²) in [5.74, 6) is 0. The summed E-state index contributed by atoms with van der Waals surface area (Å²) in [7, 11) is 0. The van der Waals surface area contributed by atoms with Crippen LogP contribution >= 0.6 is 15.9 Å². The molecule has 2 nitrogen and oxygen atoms in total. The Balaban J connectivity index is 1.78. The molecule has 0 radical (unpaired) electrons. The van der Waals surface area contributed by atoms with Crippen molar-refractivity contribution in [1.82, 2.24) is 4.90 Å². The largest absolute Gasteiger partial charge is 0.372 e. The molecule has 3 heteroatoms. The molecule has 0 aromatic heterocycles. The number of hydrogen-bond donors (Lipinski definition) is 0. The molecule has 70 valence electrons. The van der Waals surface area contributed by atoms with Gasteiger partial charge >= 0.3 is 0 Å². The SMILES string of the molecule is BrCCCN1CC2CCC(C1)O2. The first-order valence-electron chi connectivity index (χ1n) is 4.82. The van der Waals surface area contributed by atoms with E-state index in [0.717, 1.165) is 5.33 Å². The molecule has 2 bridgehead atoms. The van der Waals surface area contributed by atoms with Crippen molar-refractivity contribution in [1.29, 1.82) is 0 Å². The summed E-state index contributed by atoms with van der Waals surface area (Å²) in [5.41, 5.74) is 0. The Morgan fingerprint density at radius 1 is 1.25 bits per heavy atom. The Hall–Kier alpha value is 0.400. The number of likely N-dealkylation sites (tertiary alicyclic amines) is 1. The van der Waals surface area contributed by atoms with Crippen molar-refractivity contribution in [3.8, 4) is 0 Å². The van der Waals surface area contributed by atoms with Gasteiger partial charge in [0.1, 0.15) is 0 Å². The molecule has 2 saturated heterocycles. The molecule has 0 aromatic rings. The van der Waals surface area contributed by atoms with Crippen LogP contribution in [-0.4, -0.2) is 42.1 Å². The van der Waals surface area contributed by atoms with Crippen LogP contribution in [0.3, 0.4) is 0 Å². The molecule has 0 aromatic carbocycles. The molecule has 0 amide bonds. The third kappa shape index (κ3) is 2.01. The molecule has 0 N–H and O–H groups in total. The van der Waals surface area contributed by atoms with Crippen molar-refractivity contribution in [2.24, 2.45) is 0 Å². The summed E-state index contributed by atoms with van der Waals surface area (Å²) in [6.07, 6.45) is 4.95. The van der Waals surface area contributed by atoms with E-state index in [1.54, 1.807) is 0 Å². The average Bonchev–Trinajstić information content (AvgIpc) is 2.42. The fourth-order valence-corrected chi connectivity index (χ4v) is 2.42. The van der Waals surface area contributed by atoms with Gasteiger partial charge in [0.25, 0.3) is 0 Å². The Labute approximate surface area is 82.4 Å². The lowest BCUT2D eigenvalue weighted by Crippen LogP contribution is -2.42. The molecule has 2 atom stereocenters. The van der Waals surface area contributed by atoms with Gasteiger partial charge in [0, 0.05) is 18.4 Å². The third-order valence-electron chi connectivity index (χ3n) is 2.73. The van der Waals surface area contributed by atoms with Crippen LogP contribution in [0.2, 0.25) is 0 Å². The Morgan fingerprint density at radius 3 is 2.50 bits per heavy atom. The topological polar surface area (TPSA) is 12.5 Å². The minimum atomic E-state index is 0.555. The van der Waals surface area contributed by atoms with Crippen molar-refractivity contribution >= 4 is 15.9 Å². The van der Waals surface area contributed by atoms with Gasteiger partial charge in [-0.2, -0.15) is 0 Å². The summed E-state index contributed by atoms with van der Waals surface area (Å²) in [6.45, 7) is 3.58. The molecular formula is C9H16BrNO. The number of alkyl halides is 1. The average molecular weight is 234 g/mol. The highest BCUT2D eigenvalue weighted by atomic mass is 79.9. The van der Waals surface area contributed by atoms with Crippen LogP contribution in [0.5, 0.6) is 0 Å². The second kappa shape index (κ2) is 4.07. The van der Waals surface area contributed by atoms with E-state index in [1.807, 2.05) is 0 Å². The molecular weight excluding hydrogens is 218 g/mol. The summed E-state index contributed by atoms with van der Waals surface area (Å²) in [6, 6.07) is 0. The summed E-state index contributed by atoms with van der Waals surface area (Å²) in [4.78, 5) is 2.55. The first-order chi connectivity index (χ1) is 5.88. The van der Waals surface area contributed by atoms with Gasteiger partial charge in [0.15, 0.2) is 0 Å². The van der Waals surface area contributed by atoms with Crippen molar-refractivity contribution < 1.29 is 4.74 Å². The highest BCUT2D eigenvalue weighted by Crippen LogP contribution is 2.26. The Morgan fingerprint density at radius 2 is 1.92 bits per heavy atom. The predicted molar refractivity (Wildman–Crippen MR) is 52.7 cm³/mol. The zero-order chi connectivity index (χ0) is 8.39. The Bertz CT molecular complexity index is 141. The highest BCUT2D eigenvalue weighted by Gasteiger charge is 2.32. The molecule has 0 saturated carbocycles. The number of ether oxygens (including phenoxy) is 1. The first kappa shape index (κ1) is 8.97. The van der Waals surface area contributed by atoms with Gasteiger partial charge < -0.3 is 4.74 Å². The van der Waals surface area contributed by atoms with Crippen LogP contribution in [-0.2, 0) is 4.74 Å². The van der Waals surface area contributed by atoms with E-state index in [9.17, 15) is 0 Å². The molecule has 0 spiro atoms. The van der Waals surface area contributed by atoms with Gasteiger partial charge in [-0.25, -0.2) is 0 Å². The summed E-state index contributed by atoms with van der Waals surface area (Å²) in [5, 5.41) is 1.12. The molecule has 12 heavy (non-hydrogen) atoms. The zero-order valence-electron chi connectivity index (χ0n) is 7.34. The van der Waals surface area contributed by atoms with E-state index in [4.69, 9.17) is 4.74 Å². The maximum Gasteiger partial charge on any atom is 0.0707 e. The van der Waals surface area contributed by atoms with Crippen molar-refractivity contribution in [2.45, 2.75) is 31.5 Å². The lowest BCUT2D eigenvalue weighted by Gasteiger charge is -2.31. The minimum Gasteiger partial charge on any atom is -0.372 e. The number of rotatable bonds is 3. The monoisotopic (exact) mass is 233 g/mol. The molecule has 2 heterocycles. The van der Waals surface area contributed by atoms with E-state index in [2.05, 4.69) is 20.8 Å². The Kier molecular flexibility index (Phi) is 3.05. The molecule has 2 aliphatic heterocycles. The standard InChI is InChI=1S/C9H16BrNO/c10-4-1-5-11-6-8-2-3-9(7-11)12-8/h8-9H,1-7H2. The number of nitrogens with zero attached hydrogens (tertiary/aromatic N) is 1. The van der Waals surface area contributed by atoms with Crippen LogP contribution in [0, 0.1) is 0 Å². The van der Waals surface area contributed by atoms with Crippen molar-refractivity contribution in [3.63, 3.8) is 0 Å². The number of halogens is 1. The van der Waals surface area contributed by atoms with Gasteiger partial charge in [0.2, 0.25) is 0 Å². The van der Waals surface area contributed by atoms with E-state index < -0.39 is 0 Å². The maximum atomic E-state index is 5.75. The van der Waals surface area contributed by atoms with E-state index in [1.165, 1.54) is 38.9 Å². The second-order valence-corrected chi connectivity index (χ2v) is 4.55. The number of hydrogen-bond acceptors (Lipinski definition) is 2. The zero-order valence-corrected chi connectivity index (χ0v) is 8.92. The normalized spacial score (nSPS) is 35.8. The van der Waals surface area contributed by atoms with E-state index >= 15 is 0 Å². The number of morpholine rings is 1. The number of fused-ring (bicyclic) bond motifs is 2. The molecule has 2 rings (SSSR count).